The third kappa shape index (κ3) is 3.29. The van der Waals surface area contributed by atoms with E-state index >= 15 is 0 Å². The van der Waals surface area contributed by atoms with E-state index in [1.165, 1.54) is 6.07 Å². The molecule has 4 nitrogen and oxygen atoms in total. The number of rotatable bonds is 3. The number of pyridine rings is 1. The van der Waals surface area contributed by atoms with E-state index in [9.17, 15) is 13.6 Å². The second-order valence-corrected chi connectivity index (χ2v) is 5.93. The Hall–Kier alpha value is -3.54. The summed E-state index contributed by atoms with van der Waals surface area (Å²) in [6.07, 6.45) is 5.34. The topological polar surface area (TPSA) is 51.2 Å². The number of halogens is 2. The van der Waals surface area contributed by atoms with Crippen LogP contribution in [0.15, 0.2) is 67.0 Å². The van der Waals surface area contributed by atoms with E-state index in [2.05, 4.69) is 10.3 Å². The van der Waals surface area contributed by atoms with Crippen LogP contribution < -0.4 is 10.1 Å². The first-order valence-electron chi connectivity index (χ1n) is 8.26. The summed E-state index contributed by atoms with van der Waals surface area (Å²) in [5, 5.41) is 2.58. The standard InChI is InChI=1S/C21H14F2N2O2/c22-18-5-4-14(12-19(18)23)25-21(26)17-3-1-2-16-15(8-11-27-20(16)17)13-6-9-24-10-7-13/h1-10,12H,11H2,(H,25,26). The molecule has 2 aromatic carbocycles. The molecule has 1 aliphatic rings. The highest BCUT2D eigenvalue weighted by Gasteiger charge is 2.22. The molecule has 0 saturated heterocycles. The number of carbonyl (C=O) groups excluding carboxylic acids is 1. The molecule has 0 unspecified atom stereocenters. The van der Waals surface area contributed by atoms with Gasteiger partial charge in [0.15, 0.2) is 11.6 Å². The number of carbonyl (C=O) groups is 1. The van der Waals surface area contributed by atoms with Crippen molar-refractivity contribution < 1.29 is 18.3 Å². The van der Waals surface area contributed by atoms with E-state index < -0.39 is 17.5 Å². The van der Waals surface area contributed by atoms with Gasteiger partial charge < -0.3 is 10.1 Å². The monoisotopic (exact) mass is 364 g/mol. The molecule has 27 heavy (non-hydrogen) atoms. The van der Waals surface area contributed by atoms with E-state index in [0.717, 1.165) is 28.8 Å². The maximum absolute atomic E-state index is 13.4. The van der Waals surface area contributed by atoms with Crippen LogP contribution in [0.1, 0.15) is 21.5 Å². The number of ether oxygens (including phenoxy) is 1. The molecule has 3 aromatic rings. The summed E-state index contributed by atoms with van der Waals surface area (Å²) in [5.74, 6) is -2.01. The van der Waals surface area contributed by atoms with E-state index in [4.69, 9.17) is 4.74 Å². The zero-order valence-electron chi connectivity index (χ0n) is 14.1. The van der Waals surface area contributed by atoms with Crippen molar-refractivity contribution in [3.05, 3.63) is 95.3 Å². The second kappa shape index (κ2) is 6.99. The first-order valence-corrected chi connectivity index (χ1v) is 8.26. The molecule has 0 atom stereocenters. The number of para-hydroxylation sites is 1. The minimum atomic E-state index is -1.03. The van der Waals surface area contributed by atoms with Gasteiger partial charge in [0.2, 0.25) is 0 Å². The minimum absolute atomic E-state index is 0.164. The number of fused-ring (bicyclic) bond motifs is 1. The first-order chi connectivity index (χ1) is 13.1. The Balaban J connectivity index is 1.68. The fraction of sp³-hybridized carbons (Fsp3) is 0.0476. The normalized spacial score (nSPS) is 12.6. The predicted octanol–water partition coefficient (Wildman–Crippen LogP) is 4.44. The number of anilines is 1. The maximum atomic E-state index is 13.4. The van der Waals surface area contributed by atoms with E-state index in [0.29, 0.717) is 17.9 Å². The molecular weight excluding hydrogens is 350 g/mol. The van der Waals surface area contributed by atoms with Crippen molar-refractivity contribution in [1.29, 1.82) is 0 Å². The summed E-state index contributed by atoms with van der Waals surface area (Å²) in [6.45, 7) is 0.320. The van der Waals surface area contributed by atoms with Crippen molar-refractivity contribution in [2.75, 3.05) is 11.9 Å². The third-order valence-electron chi connectivity index (χ3n) is 4.23. The number of nitrogens with one attached hydrogen (secondary N) is 1. The van der Waals surface area contributed by atoms with Crippen molar-refractivity contribution in [3.63, 3.8) is 0 Å². The molecule has 1 aromatic heterocycles. The molecule has 6 heteroatoms. The zero-order chi connectivity index (χ0) is 18.8. The SMILES string of the molecule is O=C(Nc1ccc(F)c(F)c1)c1cccc2c1OCC=C2c1ccncc1. The minimum Gasteiger partial charge on any atom is -0.488 e. The average Bonchev–Trinajstić information content (AvgIpc) is 2.70. The van der Waals surface area contributed by atoms with Crippen molar-refractivity contribution in [3.8, 4) is 5.75 Å². The molecule has 0 bridgehead atoms. The van der Waals surface area contributed by atoms with Gasteiger partial charge in [-0.3, -0.25) is 9.78 Å². The summed E-state index contributed by atoms with van der Waals surface area (Å²) in [4.78, 5) is 16.7. The van der Waals surface area contributed by atoms with Gasteiger partial charge >= 0.3 is 0 Å². The molecule has 1 aliphatic heterocycles. The van der Waals surface area contributed by atoms with Gasteiger partial charge in [-0.05, 0) is 47.5 Å². The molecule has 0 radical (unpaired) electrons. The molecule has 0 fully saturated rings. The van der Waals surface area contributed by atoms with Crippen LogP contribution in [0.4, 0.5) is 14.5 Å². The van der Waals surface area contributed by atoms with Crippen molar-refractivity contribution in [2.24, 2.45) is 0 Å². The van der Waals surface area contributed by atoms with Crippen LogP contribution >= 0.6 is 0 Å². The van der Waals surface area contributed by atoms with Gasteiger partial charge in [0.25, 0.3) is 5.91 Å². The largest absolute Gasteiger partial charge is 0.488 e. The molecule has 0 aliphatic carbocycles. The fourth-order valence-corrected chi connectivity index (χ4v) is 2.98. The Labute approximate surface area is 154 Å². The summed E-state index contributed by atoms with van der Waals surface area (Å²) < 4.78 is 32.2. The van der Waals surface area contributed by atoms with Crippen LogP contribution in [0.25, 0.3) is 5.57 Å². The molecule has 1 amide bonds. The highest BCUT2D eigenvalue weighted by molar-refractivity contribution is 6.07. The number of hydrogen-bond donors (Lipinski definition) is 1. The van der Waals surface area contributed by atoms with Gasteiger partial charge in [0.05, 0.1) is 5.56 Å². The summed E-state index contributed by atoms with van der Waals surface area (Å²) in [5.41, 5.74) is 3.17. The van der Waals surface area contributed by atoms with Crippen LogP contribution in [0.2, 0.25) is 0 Å². The van der Waals surface area contributed by atoms with Crippen LogP contribution in [-0.4, -0.2) is 17.5 Å². The van der Waals surface area contributed by atoms with Crippen LogP contribution in [0.5, 0.6) is 5.75 Å². The second-order valence-electron chi connectivity index (χ2n) is 5.93. The predicted molar refractivity (Wildman–Crippen MR) is 97.6 cm³/mol. The third-order valence-corrected chi connectivity index (χ3v) is 4.23. The van der Waals surface area contributed by atoms with Gasteiger partial charge in [-0.1, -0.05) is 12.1 Å². The van der Waals surface area contributed by atoms with Gasteiger partial charge in [-0.15, -0.1) is 0 Å². The Morgan fingerprint density at radius 2 is 1.85 bits per heavy atom. The number of aromatic nitrogens is 1. The summed E-state index contributed by atoms with van der Waals surface area (Å²) >= 11 is 0. The Bertz CT molecular complexity index is 1050. The first kappa shape index (κ1) is 16.9. The molecule has 4 rings (SSSR count). The molecule has 0 saturated carbocycles. The lowest BCUT2D eigenvalue weighted by atomic mass is 9.94. The number of hydrogen-bond acceptors (Lipinski definition) is 3. The van der Waals surface area contributed by atoms with Gasteiger partial charge in [-0.25, -0.2) is 8.78 Å². The lowest BCUT2D eigenvalue weighted by molar-refractivity contribution is 0.102. The quantitative estimate of drug-likeness (QED) is 0.748. The lowest BCUT2D eigenvalue weighted by Crippen LogP contribution is -2.16. The maximum Gasteiger partial charge on any atom is 0.259 e. The van der Waals surface area contributed by atoms with Crippen LogP contribution in [0, 0.1) is 11.6 Å². The highest BCUT2D eigenvalue weighted by atomic mass is 19.2. The van der Waals surface area contributed by atoms with Crippen LogP contribution in [-0.2, 0) is 0 Å². The smallest absolute Gasteiger partial charge is 0.259 e. The van der Waals surface area contributed by atoms with Crippen molar-refractivity contribution in [1.82, 2.24) is 4.98 Å². The highest BCUT2D eigenvalue weighted by Crippen LogP contribution is 2.36. The molecule has 1 N–H and O–H groups in total. The molecule has 0 spiro atoms. The van der Waals surface area contributed by atoms with E-state index in [-0.39, 0.29) is 5.69 Å². The Morgan fingerprint density at radius 1 is 1.04 bits per heavy atom. The molecular formula is C21H14F2N2O2. The average molecular weight is 364 g/mol. The summed E-state index contributed by atoms with van der Waals surface area (Å²) in [6, 6.07) is 12.2. The van der Waals surface area contributed by atoms with Crippen molar-refractivity contribution in [2.45, 2.75) is 0 Å². The van der Waals surface area contributed by atoms with Gasteiger partial charge in [0, 0.05) is 29.7 Å². The van der Waals surface area contributed by atoms with Gasteiger partial charge in [-0.2, -0.15) is 0 Å². The number of nitrogens with zero attached hydrogens (tertiary/aromatic N) is 1. The zero-order valence-corrected chi connectivity index (χ0v) is 14.1. The summed E-state index contributed by atoms with van der Waals surface area (Å²) in [7, 11) is 0. The Kier molecular flexibility index (Phi) is 4.38. The molecule has 2 heterocycles. The number of amides is 1. The van der Waals surface area contributed by atoms with E-state index in [1.807, 2.05) is 24.3 Å². The van der Waals surface area contributed by atoms with E-state index in [1.54, 1.807) is 24.5 Å². The molecule has 134 valence electrons. The van der Waals surface area contributed by atoms with Gasteiger partial charge in [0.1, 0.15) is 12.4 Å². The lowest BCUT2D eigenvalue weighted by Gasteiger charge is -2.21. The van der Waals surface area contributed by atoms with Crippen molar-refractivity contribution >= 4 is 17.2 Å². The fourth-order valence-electron chi connectivity index (χ4n) is 2.98. The van der Waals surface area contributed by atoms with Crippen LogP contribution in [0.3, 0.4) is 0 Å². The number of benzene rings is 2. The Morgan fingerprint density at radius 3 is 2.63 bits per heavy atom.